The highest BCUT2D eigenvalue weighted by atomic mass is 35.5. The van der Waals surface area contributed by atoms with Crippen LogP contribution in [-0.2, 0) is 6.42 Å². The van der Waals surface area contributed by atoms with Crippen LogP contribution in [0.5, 0.6) is 0 Å². The van der Waals surface area contributed by atoms with Crippen molar-refractivity contribution in [1.82, 2.24) is 5.32 Å². The van der Waals surface area contributed by atoms with E-state index in [-0.39, 0.29) is 34.7 Å². The molecule has 0 fully saturated rings. The lowest BCUT2D eigenvalue weighted by atomic mass is 10.1. The number of halogens is 4. The predicted octanol–water partition coefficient (Wildman–Crippen LogP) is 2.97. The van der Waals surface area contributed by atoms with E-state index in [2.05, 4.69) is 10.3 Å². The van der Waals surface area contributed by atoms with Crippen molar-refractivity contribution in [2.45, 2.75) is 12.5 Å². The topological polar surface area (TPSA) is 107 Å². The van der Waals surface area contributed by atoms with Crippen LogP contribution in [-0.4, -0.2) is 31.3 Å². The number of benzene rings is 1. The largest absolute Gasteiger partial charge is 0.439 e. The van der Waals surface area contributed by atoms with E-state index in [0.717, 1.165) is 18.3 Å². The SMILES string of the molecule is CN=C(/C(Cl)=C\N)c1cc(C(=O)NC(CN)Cc2ccc(F)c(F)c2)oc1Cl. The lowest BCUT2D eigenvalue weighted by Gasteiger charge is -2.16. The summed E-state index contributed by atoms with van der Waals surface area (Å²) in [7, 11) is 1.48. The first-order chi connectivity index (χ1) is 13.3. The van der Waals surface area contributed by atoms with Gasteiger partial charge in [-0.05, 0) is 35.7 Å². The summed E-state index contributed by atoms with van der Waals surface area (Å²) in [6.45, 7) is 0.0649. The molecule has 0 saturated carbocycles. The van der Waals surface area contributed by atoms with Gasteiger partial charge in [-0.1, -0.05) is 17.7 Å². The summed E-state index contributed by atoms with van der Waals surface area (Å²) < 4.78 is 31.7. The zero-order chi connectivity index (χ0) is 20.8. The number of nitrogens with one attached hydrogen (secondary N) is 1. The molecular formula is C18H18Cl2F2N4O2. The monoisotopic (exact) mass is 430 g/mol. The van der Waals surface area contributed by atoms with Crippen molar-refractivity contribution in [3.05, 3.63) is 69.2 Å². The Morgan fingerprint density at radius 1 is 1.36 bits per heavy atom. The van der Waals surface area contributed by atoms with E-state index in [9.17, 15) is 13.6 Å². The van der Waals surface area contributed by atoms with Crippen LogP contribution in [0.15, 0.2) is 44.9 Å². The van der Waals surface area contributed by atoms with Crippen molar-refractivity contribution in [2.24, 2.45) is 16.5 Å². The van der Waals surface area contributed by atoms with Gasteiger partial charge in [-0.25, -0.2) is 8.78 Å². The van der Waals surface area contributed by atoms with Gasteiger partial charge in [0.25, 0.3) is 5.91 Å². The molecule has 1 heterocycles. The quantitative estimate of drug-likeness (QED) is 0.586. The Morgan fingerprint density at radius 3 is 2.64 bits per heavy atom. The fourth-order valence-electron chi connectivity index (χ4n) is 2.48. The Hall–Kier alpha value is -2.42. The molecule has 1 atom stereocenters. The molecule has 28 heavy (non-hydrogen) atoms. The summed E-state index contributed by atoms with van der Waals surface area (Å²) in [6, 6.07) is 4.31. The number of amides is 1. The maximum Gasteiger partial charge on any atom is 0.287 e. The minimum absolute atomic E-state index is 0.0649. The van der Waals surface area contributed by atoms with Gasteiger partial charge in [-0.15, -0.1) is 0 Å². The molecule has 0 radical (unpaired) electrons. The van der Waals surface area contributed by atoms with Gasteiger partial charge >= 0.3 is 0 Å². The molecule has 5 N–H and O–H groups in total. The van der Waals surface area contributed by atoms with Gasteiger partial charge in [0.2, 0.25) is 5.22 Å². The van der Waals surface area contributed by atoms with Gasteiger partial charge in [0.1, 0.15) is 0 Å². The third-order valence-corrected chi connectivity index (χ3v) is 4.43. The average Bonchev–Trinajstić information content (AvgIpc) is 3.06. The Bertz CT molecular complexity index is 928. The zero-order valence-electron chi connectivity index (χ0n) is 14.8. The van der Waals surface area contributed by atoms with E-state index >= 15 is 0 Å². The number of hydrogen-bond acceptors (Lipinski definition) is 5. The van der Waals surface area contributed by atoms with Crippen molar-refractivity contribution in [3.8, 4) is 0 Å². The minimum Gasteiger partial charge on any atom is -0.439 e. The van der Waals surface area contributed by atoms with Gasteiger partial charge < -0.3 is 21.2 Å². The Kier molecular flexibility index (Phi) is 7.56. The number of allylic oxidation sites excluding steroid dienone is 1. The van der Waals surface area contributed by atoms with Gasteiger partial charge in [0.05, 0.1) is 16.3 Å². The summed E-state index contributed by atoms with van der Waals surface area (Å²) in [5.74, 6) is -2.60. The molecule has 0 aliphatic rings. The highest BCUT2D eigenvalue weighted by molar-refractivity contribution is 6.48. The number of furan rings is 1. The van der Waals surface area contributed by atoms with E-state index in [0.29, 0.717) is 11.1 Å². The van der Waals surface area contributed by atoms with Crippen molar-refractivity contribution < 1.29 is 18.0 Å². The van der Waals surface area contributed by atoms with Crippen LogP contribution in [0.4, 0.5) is 8.78 Å². The minimum atomic E-state index is -0.974. The standard InChI is InChI=1S/C18H18Cl2F2N4O2/c1-25-16(12(19)8-24)11-6-15(28-17(11)20)18(27)26-10(7-23)4-9-2-3-13(21)14(22)5-9/h2-3,5-6,8,10H,4,7,23-24H2,1H3,(H,26,27)/b12-8+,25-16?. The van der Waals surface area contributed by atoms with Gasteiger partial charge in [0, 0.05) is 31.9 Å². The molecule has 0 aliphatic carbocycles. The van der Waals surface area contributed by atoms with E-state index in [4.69, 9.17) is 39.1 Å². The molecule has 10 heteroatoms. The molecule has 0 saturated heterocycles. The second-order valence-electron chi connectivity index (χ2n) is 5.74. The highest BCUT2D eigenvalue weighted by Crippen LogP contribution is 2.25. The second kappa shape index (κ2) is 9.68. The van der Waals surface area contributed by atoms with Crippen molar-refractivity contribution >= 4 is 34.8 Å². The molecule has 150 valence electrons. The molecule has 6 nitrogen and oxygen atoms in total. The van der Waals surface area contributed by atoms with Crippen LogP contribution >= 0.6 is 23.2 Å². The normalized spacial score (nSPS) is 13.5. The lowest BCUT2D eigenvalue weighted by Crippen LogP contribution is -2.41. The molecule has 0 aliphatic heterocycles. The van der Waals surface area contributed by atoms with Crippen molar-refractivity contribution in [1.29, 1.82) is 0 Å². The van der Waals surface area contributed by atoms with Crippen LogP contribution in [0.3, 0.4) is 0 Å². The summed E-state index contributed by atoms with van der Waals surface area (Å²) in [5.41, 5.74) is 12.1. The zero-order valence-corrected chi connectivity index (χ0v) is 16.3. The Labute approximate surface area is 170 Å². The van der Waals surface area contributed by atoms with Crippen LogP contribution < -0.4 is 16.8 Å². The maximum absolute atomic E-state index is 13.4. The molecule has 1 aromatic heterocycles. The first-order valence-electron chi connectivity index (χ1n) is 8.09. The molecule has 1 unspecified atom stereocenters. The number of nitrogens with two attached hydrogens (primary N) is 2. The molecule has 1 amide bonds. The molecule has 1 aromatic carbocycles. The fourth-order valence-corrected chi connectivity index (χ4v) is 2.89. The number of carbonyl (C=O) groups is 1. The van der Waals surface area contributed by atoms with Crippen LogP contribution in [0.1, 0.15) is 21.7 Å². The first-order valence-corrected chi connectivity index (χ1v) is 8.85. The van der Waals surface area contributed by atoms with E-state index in [1.165, 1.54) is 19.2 Å². The summed E-state index contributed by atoms with van der Waals surface area (Å²) >= 11 is 12.0. The number of carbonyl (C=O) groups excluding carboxylic acids is 1. The Balaban J connectivity index is 2.16. The van der Waals surface area contributed by atoms with E-state index in [1.807, 2.05) is 0 Å². The van der Waals surface area contributed by atoms with Crippen LogP contribution in [0.25, 0.3) is 0 Å². The van der Waals surface area contributed by atoms with Gasteiger partial charge in [0.15, 0.2) is 17.4 Å². The highest BCUT2D eigenvalue weighted by Gasteiger charge is 2.22. The molecule has 0 spiro atoms. The van der Waals surface area contributed by atoms with Crippen LogP contribution in [0.2, 0.25) is 5.22 Å². The summed E-state index contributed by atoms with van der Waals surface area (Å²) in [4.78, 5) is 16.5. The van der Waals surface area contributed by atoms with Crippen LogP contribution in [0, 0.1) is 11.6 Å². The Morgan fingerprint density at radius 2 is 2.07 bits per heavy atom. The number of rotatable bonds is 7. The second-order valence-corrected chi connectivity index (χ2v) is 6.49. The third-order valence-electron chi connectivity index (χ3n) is 3.85. The maximum atomic E-state index is 13.4. The third kappa shape index (κ3) is 5.09. The van der Waals surface area contributed by atoms with E-state index in [1.54, 1.807) is 0 Å². The summed E-state index contributed by atoms with van der Waals surface area (Å²) in [6.07, 6.45) is 1.34. The lowest BCUT2D eigenvalue weighted by molar-refractivity contribution is 0.0910. The van der Waals surface area contributed by atoms with Gasteiger partial charge in [-0.3, -0.25) is 9.79 Å². The van der Waals surface area contributed by atoms with Crippen molar-refractivity contribution in [3.63, 3.8) is 0 Å². The molecular weight excluding hydrogens is 413 g/mol. The number of hydrogen-bond donors (Lipinski definition) is 3. The summed E-state index contributed by atoms with van der Waals surface area (Å²) in [5, 5.41) is 2.71. The number of aliphatic imine (C=N–C) groups is 1. The molecule has 0 bridgehead atoms. The fraction of sp³-hybridized carbons (Fsp3) is 0.222. The van der Waals surface area contributed by atoms with E-state index < -0.39 is 23.6 Å². The number of nitrogens with zero attached hydrogens (tertiary/aromatic N) is 1. The average molecular weight is 431 g/mol. The predicted molar refractivity (Wildman–Crippen MR) is 105 cm³/mol. The first kappa shape index (κ1) is 21.9. The molecule has 2 rings (SSSR count). The van der Waals surface area contributed by atoms with Crippen molar-refractivity contribution in [2.75, 3.05) is 13.6 Å². The van der Waals surface area contributed by atoms with Gasteiger partial charge in [-0.2, -0.15) is 0 Å². The smallest absolute Gasteiger partial charge is 0.287 e. The molecule has 2 aromatic rings.